The predicted octanol–water partition coefficient (Wildman–Crippen LogP) is 4.70. The summed E-state index contributed by atoms with van der Waals surface area (Å²) in [6.45, 7) is 5.46. The number of nitrogens with one attached hydrogen (secondary N) is 2. The SMILES string of the molecule is CCCN(CCC)C(=O)c1csc(NC(=O)Nc2cccc(Cl)c2)n1. The van der Waals surface area contributed by atoms with E-state index < -0.39 is 6.03 Å². The number of benzene rings is 1. The first-order valence-electron chi connectivity index (χ1n) is 8.11. The number of anilines is 2. The Kier molecular flexibility index (Phi) is 7.21. The molecule has 0 atom stereocenters. The highest BCUT2D eigenvalue weighted by atomic mass is 35.5. The van der Waals surface area contributed by atoms with Gasteiger partial charge in [-0.3, -0.25) is 10.1 Å². The summed E-state index contributed by atoms with van der Waals surface area (Å²) >= 11 is 7.10. The molecule has 0 saturated carbocycles. The Bertz CT molecular complexity index is 729. The smallest absolute Gasteiger partial charge is 0.325 e. The molecule has 0 aliphatic carbocycles. The molecule has 3 amide bonds. The molecule has 25 heavy (non-hydrogen) atoms. The molecule has 1 aromatic heterocycles. The molecule has 0 aliphatic heterocycles. The Morgan fingerprint density at radius 2 is 1.92 bits per heavy atom. The van der Waals surface area contributed by atoms with Crippen LogP contribution in [0.1, 0.15) is 37.2 Å². The standard InChI is InChI=1S/C17H21ClN4O2S/c1-3-8-22(9-4-2)15(23)14-11-25-17(20-14)21-16(24)19-13-7-5-6-12(18)10-13/h5-7,10-11H,3-4,8-9H2,1-2H3,(H2,19,20,21,24). The third kappa shape index (κ3) is 5.72. The van der Waals surface area contributed by atoms with Crippen molar-refractivity contribution in [3.8, 4) is 0 Å². The number of hydrogen-bond acceptors (Lipinski definition) is 4. The molecule has 8 heteroatoms. The first kappa shape index (κ1) is 19.2. The molecule has 1 aromatic carbocycles. The molecular weight excluding hydrogens is 360 g/mol. The van der Waals surface area contributed by atoms with Gasteiger partial charge in [0.1, 0.15) is 5.69 Å². The number of thiazole rings is 1. The van der Waals surface area contributed by atoms with Crippen LogP contribution in [0.5, 0.6) is 0 Å². The summed E-state index contributed by atoms with van der Waals surface area (Å²) in [5.41, 5.74) is 0.930. The monoisotopic (exact) mass is 380 g/mol. The van der Waals surface area contributed by atoms with Crippen molar-refractivity contribution in [2.75, 3.05) is 23.7 Å². The predicted molar refractivity (Wildman–Crippen MR) is 103 cm³/mol. The summed E-state index contributed by atoms with van der Waals surface area (Å²) in [7, 11) is 0. The van der Waals surface area contributed by atoms with E-state index in [1.807, 2.05) is 13.8 Å². The normalized spacial score (nSPS) is 10.4. The second-order valence-corrected chi connectivity index (χ2v) is 6.71. The van der Waals surface area contributed by atoms with Crippen molar-refractivity contribution in [1.29, 1.82) is 0 Å². The van der Waals surface area contributed by atoms with Crippen LogP contribution in [-0.2, 0) is 0 Å². The number of nitrogens with zero attached hydrogens (tertiary/aromatic N) is 2. The van der Waals surface area contributed by atoms with E-state index in [0.717, 1.165) is 12.8 Å². The minimum atomic E-state index is -0.436. The van der Waals surface area contributed by atoms with Crippen molar-refractivity contribution in [2.45, 2.75) is 26.7 Å². The van der Waals surface area contributed by atoms with Gasteiger partial charge in [0.2, 0.25) is 0 Å². The zero-order chi connectivity index (χ0) is 18.2. The van der Waals surface area contributed by atoms with Crippen LogP contribution in [0.2, 0.25) is 5.02 Å². The van der Waals surface area contributed by atoms with Crippen LogP contribution in [0.25, 0.3) is 0 Å². The first-order valence-corrected chi connectivity index (χ1v) is 9.37. The van der Waals surface area contributed by atoms with Crippen LogP contribution in [-0.4, -0.2) is 34.9 Å². The van der Waals surface area contributed by atoms with Crippen molar-refractivity contribution in [3.05, 3.63) is 40.4 Å². The summed E-state index contributed by atoms with van der Waals surface area (Å²) in [4.78, 5) is 30.5. The topological polar surface area (TPSA) is 74.3 Å². The largest absolute Gasteiger partial charge is 0.337 e. The lowest BCUT2D eigenvalue weighted by Gasteiger charge is -2.20. The lowest BCUT2D eigenvalue weighted by atomic mass is 10.3. The number of urea groups is 1. The molecule has 2 N–H and O–H groups in total. The van der Waals surface area contributed by atoms with E-state index in [1.165, 1.54) is 11.3 Å². The highest BCUT2D eigenvalue weighted by Gasteiger charge is 2.18. The van der Waals surface area contributed by atoms with Gasteiger partial charge in [0.15, 0.2) is 5.13 Å². The summed E-state index contributed by atoms with van der Waals surface area (Å²) in [6.07, 6.45) is 1.78. The molecule has 0 spiro atoms. The molecule has 2 rings (SSSR count). The Morgan fingerprint density at radius 1 is 1.20 bits per heavy atom. The molecule has 134 valence electrons. The maximum absolute atomic E-state index is 12.5. The average molecular weight is 381 g/mol. The fourth-order valence-corrected chi connectivity index (χ4v) is 3.14. The number of rotatable bonds is 7. The van der Waals surface area contributed by atoms with E-state index >= 15 is 0 Å². The molecule has 6 nitrogen and oxygen atoms in total. The fraction of sp³-hybridized carbons (Fsp3) is 0.353. The number of hydrogen-bond donors (Lipinski definition) is 2. The molecule has 0 unspecified atom stereocenters. The Balaban J connectivity index is 1.98. The minimum absolute atomic E-state index is 0.108. The number of aromatic nitrogens is 1. The van der Waals surface area contributed by atoms with Crippen LogP contribution < -0.4 is 10.6 Å². The summed E-state index contributed by atoms with van der Waals surface area (Å²) in [6, 6.07) is 6.41. The highest BCUT2D eigenvalue weighted by Crippen LogP contribution is 2.19. The molecule has 1 heterocycles. The van der Waals surface area contributed by atoms with Crippen molar-refractivity contribution < 1.29 is 9.59 Å². The van der Waals surface area contributed by atoms with E-state index in [4.69, 9.17) is 11.6 Å². The van der Waals surface area contributed by atoms with Gasteiger partial charge in [0.05, 0.1) is 0 Å². The molecule has 0 saturated heterocycles. The van der Waals surface area contributed by atoms with Gasteiger partial charge >= 0.3 is 6.03 Å². The molecule has 2 aromatic rings. The summed E-state index contributed by atoms with van der Waals surface area (Å²) in [5.74, 6) is -0.108. The Morgan fingerprint density at radius 3 is 2.56 bits per heavy atom. The second kappa shape index (κ2) is 9.39. The van der Waals surface area contributed by atoms with Gasteiger partial charge in [-0.25, -0.2) is 9.78 Å². The highest BCUT2D eigenvalue weighted by molar-refractivity contribution is 7.14. The van der Waals surface area contributed by atoms with Crippen LogP contribution in [0.3, 0.4) is 0 Å². The van der Waals surface area contributed by atoms with Gasteiger partial charge in [-0.15, -0.1) is 11.3 Å². The third-order valence-corrected chi connectivity index (χ3v) is 4.29. The van der Waals surface area contributed by atoms with Crippen LogP contribution in [0, 0.1) is 0 Å². The number of halogens is 1. The van der Waals surface area contributed by atoms with Crippen LogP contribution >= 0.6 is 22.9 Å². The van der Waals surface area contributed by atoms with E-state index in [0.29, 0.717) is 34.6 Å². The van der Waals surface area contributed by atoms with Gasteiger partial charge in [-0.05, 0) is 31.0 Å². The number of carbonyl (C=O) groups excluding carboxylic acids is 2. The van der Waals surface area contributed by atoms with Crippen molar-refractivity contribution in [1.82, 2.24) is 9.88 Å². The average Bonchev–Trinajstić information content (AvgIpc) is 3.02. The van der Waals surface area contributed by atoms with E-state index in [2.05, 4.69) is 15.6 Å². The first-order chi connectivity index (χ1) is 12.0. The van der Waals surface area contributed by atoms with Crippen molar-refractivity contribution >= 4 is 45.7 Å². The second-order valence-electron chi connectivity index (χ2n) is 5.42. The van der Waals surface area contributed by atoms with Crippen LogP contribution in [0.15, 0.2) is 29.6 Å². The van der Waals surface area contributed by atoms with Crippen LogP contribution in [0.4, 0.5) is 15.6 Å². The van der Waals surface area contributed by atoms with Gasteiger partial charge in [-0.1, -0.05) is 31.5 Å². The zero-order valence-electron chi connectivity index (χ0n) is 14.2. The third-order valence-electron chi connectivity index (χ3n) is 3.30. The molecule has 0 bridgehead atoms. The van der Waals surface area contributed by atoms with E-state index in [9.17, 15) is 9.59 Å². The molecule has 0 radical (unpaired) electrons. The van der Waals surface area contributed by atoms with E-state index in [-0.39, 0.29) is 5.91 Å². The zero-order valence-corrected chi connectivity index (χ0v) is 15.8. The van der Waals surface area contributed by atoms with Crippen molar-refractivity contribution in [2.24, 2.45) is 0 Å². The maximum Gasteiger partial charge on any atom is 0.325 e. The molecular formula is C17H21ClN4O2S. The molecule has 0 fully saturated rings. The fourth-order valence-electron chi connectivity index (χ4n) is 2.27. The van der Waals surface area contributed by atoms with Gasteiger partial charge in [0.25, 0.3) is 5.91 Å². The summed E-state index contributed by atoms with van der Waals surface area (Å²) < 4.78 is 0. The lowest BCUT2D eigenvalue weighted by Crippen LogP contribution is -2.32. The number of amides is 3. The maximum atomic E-state index is 12.5. The van der Waals surface area contributed by atoms with Crippen molar-refractivity contribution in [3.63, 3.8) is 0 Å². The summed E-state index contributed by atoms with van der Waals surface area (Å²) in [5, 5.41) is 7.87. The van der Waals surface area contributed by atoms with E-state index in [1.54, 1.807) is 34.5 Å². The Labute approximate surface area is 156 Å². The Hall–Kier alpha value is -2.12. The van der Waals surface area contributed by atoms with Gasteiger partial charge in [0, 0.05) is 29.2 Å². The molecule has 0 aliphatic rings. The number of carbonyl (C=O) groups is 2. The minimum Gasteiger partial charge on any atom is -0.337 e. The lowest BCUT2D eigenvalue weighted by molar-refractivity contribution is 0.0750. The van der Waals surface area contributed by atoms with Gasteiger partial charge < -0.3 is 10.2 Å². The quantitative estimate of drug-likeness (QED) is 0.730. The van der Waals surface area contributed by atoms with Gasteiger partial charge in [-0.2, -0.15) is 0 Å².